The first-order valence-corrected chi connectivity index (χ1v) is 7.55. The van der Waals surface area contributed by atoms with Gasteiger partial charge in [-0.1, -0.05) is 29.3 Å². The van der Waals surface area contributed by atoms with Gasteiger partial charge in [0.2, 0.25) is 0 Å². The van der Waals surface area contributed by atoms with Crippen molar-refractivity contribution in [3.05, 3.63) is 45.2 Å². The second-order valence-electron chi connectivity index (χ2n) is 4.30. The Morgan fingerprint density at radius 3 is 2.70 bits per heavy atom. The van der Waals surface area contributed by atoms with Crippen LogP contribution in [0.3, 0.4) is 0 Å². The number of hydrogen-bond acceptors (Lipinski definition) is 2. The zero-order valence-corrected chi connectivity index (χ0v) is 13.6. The van der Waals surface area contributed by atoms with E-state index >= 15 is 0 Å². The zero-order valence-electron chi connectivity index (χ0n) is 11.3. The third-order valence-electron chi connectivity index (χ3n) is 3.03. The van der Waals surface area contributed by atoms with E-state index in [1.807, 2.05) is 30.7 Å². The molecule has 0 aliphatic rings. The third-order valence-corrected chi connectivity index (χ3v) is 4.14. The minimum Gasteiger partial charge on any atom is -0.487 e. The van der Waals surface area contributed by atoms with E-state index in [1.165, 1.54) is 0 Å². The van der Waals surface area contributed by atoms with Crippen molar-refractivity contribution < 1.29 is 4.74 Å². The largest absolute Gasteiger partial charge is 0.487 e. The van der Waals surface area contributed by atoms with Crippen LogP contribution in [0.25, 0.3) is 0 Å². The lowest BCUT2D eigenvalue weighted by Gasteiger charge is -2.12. The zero-order chi connectivity index (χ0) is 14.7. The van der Waals surface area contributed by atoms with Crippen molar-refractivity contribution in [2.75, 3.05) is 0 Å². The fourth-order valence-electron chi connectivity index (χ4n) is 1.96. The van der Waals surface area contributed by atoms with Crippen molar-refractivity contribution in [2.24, 2.45) is 0 Å². The number of aromatic nitrogens is 2. The van der Waals surface area contributed by atoms with Gasteiger partial charge in [0.25, 0.3) is 0 Å². The topological polar surface area (TPSA) is 27.1 Å². The number of ether oxygens (including phenoxy) is 1. The Morgan fingerprint density at radius 1 is 1.30 bits per heavy atom. The highest BCUT2D eigenvalue weighted by Crippen LogP contribution is 2.29. The van der Waals surface area contributed by atoms with Gasteiger partial charge in [-0.3, -0.25) is 4.68 Å². The van der Waals surface area contributed by atoms with Gasteiger partial charge in [-0.2, -0.15) is 5.10 Å². The van der Waals surface area contributed by atoms with E-state index in [1.54, 1.807) is 6.07 Å². The summed E-state index contributed by atoms with van der Waals surface area (Å²) in [5.41, 5.74) is 2.44. The van der Waals surface area contributed by atoms with Gasteiger partial charge in [-0.15, -0.1) is 11.6 Å². The van der Waals surface area contributed by atoms with Crippen molar-refractivity contribution in [2.45, 2.75) is 32.9 Å². The smallest absolute Gasteiger partial charge is 0.131 e. The summed E-state index contributed by atoms with van der Waals surface area (Å²) in [7, 11) is 0. The normalized spacial score (nSPS) is 10.8. The van der Waals surface area contributed by atoms with Crippen LogP contribution in [0.15, 0.2) is 18.2 Å². The molecule has 0 bridgehead atoms. The molecule has 0 atom stereocenters. The Hall–Kier alpha value is -0.900. The lowest BCUT2D eigenvalue weighted by atomic mass is 10.2. The van der Waals surface area contributed by atoms with Crippen LogP contribution in [0.5, 0.6) is 5.75 Å². The Kier molecular flexibility index (Phi) is 5.19. The number of benzene rings is 1. The highest BCUT2D eigenvalue weighted by molar-refractivity contribution is 6.32. The molecule has 1 heterocycles. The van der Waals surface area contributed by atoms with Gasteiger partial charge in [-0.25, -0.2) is 0 Å². The van der Waals surface area contributed by atoms with Crippen LogP contribution in [0.2, 0.25) is 10.0 Å². The van der Waals surface area contributed by atoms with Crippen molar-refractivity contribution in [3.8, 4) is 5.75 Å². The molecule has 0 aliphatic carbocycles. The van der Waals surface area contributed by atoms with E-state index in [4.69, 9.17) is 39.5 Å². The number of hydrogen-bond donors (Lipinski definition) is 0. The molecule has 0 aliphatic heterocycles. The number of rotatable bonds is 5. The van der Waals surface area contributed by atoms with Gasteiger partial charge in [0.05, 0.1) is 22.3 Å². The molecule has 0 N–H and O–H groups in total. The SMILES string of the molecule is CCn1nc(C)c(Cl)c1COc1cccc(Cl)c1CCl. The van der Waals surface area contributed by atoms with E-state index in [9.17, 15) is 0 Å². The first kappa shape index (κ1) is 15.5. The van der Waals surface area contributed by atoms with Gasteiger partial charge in [0.1, 0.15) is 12.4 Å². The van der Waals surface area contributed by atoms with Crippen LogP contribution in [0.4, 0.5) is 0 Å². The van der Waals surface area contributed by atoms with Crippen LogP contribution in [-0.4, -0.2) is 9.78 Å². The molecule has 3 nitrogen and oxygen atoms in total. The van der Waals surface area contributed by atoms with Gasteiger partial charge in [0, 0.05) is 17.1 Å². The van der Waals surface area contributed by atoms with Gasteiger partial charge >= 0.3 is 0 Å². The molecule has 0 fully saturated rings. The number of aryl methyl sites for hydroxylation is 2. The molecule has 1 aromatic heterocycles. The molecule has 2 rings (SSSR count). The lowest BCUT2D eigenvalue weighted by molar-refractivity contribution is 0.290. The molecule has 20 heavy (non-hydrogen) atoms. The molecule has 0 saturated heterocycles. The van der Waals surface area contributed by atoms with Gasteiger partial charge in [0.15, 0.2) is 0 Å². The van der Waals surface area contributed by atoms with Crippen LogP contribution >= 0.6 is 34.8 Å². The summed E-state index contributed by atoms with van der Waals surface area (Å²) in [6, 6.07) is 5.47. The summed E-state index contributed by atoms with van der Waals surface area (Å²) < 4.78 is 7.65. The van der Waals surface area contributed by atoms with Crippen molar-refractivity contribution in [3.63, 3.8) is 0 Å². The molecule has 0 saturated carbocycles. The fourth-order valence-corrected chi connectivity index (χ4v) is 2.72. The van der Waals surface area contributed by atoms with E-state index in [0.29, 0.717) is 28.3 Å². The Bertz CT molecular complexity index is 611. The van der Waals surface area contributed by atoms with Crippen molar-refractivity contribution >= 4 is 34.8 Å². The summed E-state index contributed by atoms with van der Waals surface area (Å²) in [5, 5.41) is 5.59. The minimum atomic E-state index is 0.300. The second-order valence-corrected chi connectivity index (χ2v) is 5.35. The predicted molar refractivity (Wildman–Crippen MR) is 83.0 cm³/mol. The molecule has 108 valence electrons. The van der Waals surface area contributed by atoms with Crippen LogP contribution in [-0.2, 0) is 19.0 Å². The van der Waals surface area contributed by atoms with E-state index < -0.39 is 0 Å². The summed E-state index contributed by atoms with van der Waals surface area (Å²) in [6.45, 7) is 4.96. The standard InChI is InChI=1S/C14H15Cl3N2O/c1-3-19-12(14(17)9(2)18-19)8-20-13-6-4-5-11(16)10(13)7-15/h4-6H,3,7-8H2,1-2H3. The monoisotopic (exact) mass is 332 g/mol. The summed E-state index contributed by atoms with van der Waals surface area (Å²) >= 11 is 18.3. The maximum Gasteiger partial charge on any atom is 0.131 e. The summed E-state index contributed by atoms with van der Waals surface area (Å²) in [4.78, 5) is 0. The predicted octanol–water partition coefficient (Wildman–Crippen LogP) is 4.84. The van der Waals surface area contributed by atoms with E-state index in [2.05, 4.69) is 5.10 Å². The first-order chi connectivity index (χ1) is 9.58. The molecular weight excluding hydrogens is 319 g/mol. The first-order valence-electron chi connectivity index (χ1n) is 6.26. The minimum absolute atomic E-state index is 0.300. The average Bonchev–Trinajstić information content (AvgIpc) is 2.72. The van der Waals surface area contributed by atoms with Gasteiger partial charge < -0.3 is 4.74 Å². The third kappa shape index (κ3) is 3.05. The lowest BCUT2D eigenvalue weighted by Crippen LogP contribution is -2.07. The molecule has 6 heteroatoms. The average molecular weight is 334 g/mol. The summed E-state index contributed by atoms with van der Waals surface area (Å²) in [5.74, 6) is 0.972. The maximum atomic E-state index is 6.25. The fraction of sp³-hybridized carbons (Fsp3) is 0.357. The van der Waals surface area contributed by atoms with Crippen LogP contribution < -0.4 is 4.74 Å². The number of halogens is 3. The quantitative estimate of drug-likeness (QED) is 0.732. The highest BCUT2D eigenvalue weighted by Gasteiger charge is 2.14. The molecular formula is C14H15Cl3N2O. The van der Waals surface area contributed by atoms with E-state index in [-0.39, 0.29) is 0 Å². The molecule has 0 spiro atoms. The molecule has 0 radical (unpaired) electrons. The second kappa shape index (κ2) is 6.70. The molecule has 0 amide bonds. The number of alkyl halides is 1. The molecule has 2 aromatic rings. The molecule has 1 aromatic carbocycles. The Morgan fingerprint density at radius 2 is 2.05 bits per heavy atom. The molecule has 0 unspecified atom stereocenters. The maximum absolute atomic E-state index is 6.25. The Labute approximate surface area is 133 Å². The van der Waals surface area contributed by atoms with Gasteiger partial charge in [-0.05, 0) is 26.0 Å². The highest BCUT2D eigenvalue weighted by atomic mass is 35.5. The van der Waals surface area contributed by atoms with E-state index in [0.717, 1.165) is 23.5 Å². The van der Waals surface area contributed by atoms with Crippen LogP contribution in [0.1, 0.15) is 23.9 Å². The Balaban J connectivity index is 2.23. The summed E-state index contributed by atoms with van der Waals surface area (Å²) in [6.07, 6.45) is 0. The van der Waals surface area contributed by atoms with Crippen molar-refractivity contribution in [1.29, 1.82) is 0 Å². The van der Waals surface area contributed by atoms with Crippen LogP contribution in [0, 0.1) is 6.92 Å². The number of nitrogens with zero attached hydrogens (tertiary/aromatic N) is 2. The van der Waals surface area contributed by atoms with Crippen molar-refractivity contribution in [1.82, 2.24) is 9.78 Å².